The second kappa shape index (κ2) is 9.31. The molecule has 1 aromatic rings. The summed E-state index contributed by atoms with van der Waals surface area (Å²) in [6.07, 6.45) is 1.47. The number of unbranched alkanes of at least 4 members (excludes halogenated alkanes) is 1. The molecule has 0 radical (unpaired) electrons. The van der Waals surface area contributed by atoms with Crippen molar-refractivity contribution in [2.45, 2.75) is 32.4 Å². The fraction of sp³-hybridized carbons (Fsp3) is 0.571. The van der Waals surface area contributed by atoms with Gasteiger partial charge in [0, 0.05) is 18.7 Å². The van der Waals surface area contributed by atoms with E-state index in [9.17, 15) is 5.11 Å². The van der Waals surface area contributed by atoms with Crippen LogP contribution in [0.25, 0.3) is 0 Å². The van der Waals surface area contributed by atoms with E-state index in [0.717, 1.165) is 22.9 Å². The highest BCUT2D eigenvalue weighted by molar-refractivity contribution is 9.10. The molecule has 5 heteroatoms. The van der Waals surface area contributed by atoms with E-state index in [1.165, 1.54) is 0 Å². The first kappa shape index (κ1) is 16.4. The summed E-state index contributed by atoms with van der Waals surface area (Å²) in [4.78, 5) is 0. The molecule has 108 valence electrons. The minimum atomic E-state index is -0.630. The van der Waals surface area contributed by atoms with Crippen molar-refractivity contribution in [1.82, 2.24) is 0 Å². The van der Waals surface area contributed by atoms with Crippen LogP contribution < -0.4 is 10.5 Å². The number of nitrogens with two attached hydrogens (primary N) is 1. The van der Waals surface area contributed by atoms with Gasteiger partial charge in [-0.15, -0.1) is 0 Å². The van der Waals surface area contributed by atoms with Crippen molar-refractivity contribution >= 4 is 15.9 Å². The van der Waals surface area contributed by atoms with Crippen molar-refractivity contribution in [1.29, 1.82) is 0 Å². The summed E-state index contributed by atoms with van der Waals surface area (Å²) in [6.45, 7) is 3.67. The summed E-state index contributed by atoms with van der Waals surface area (Å²) in [5, 5.41) is 9.77. The number of hydrogen-bond acceptors (Lipinski definition) is 4. The second-order valence-corrected chi connectivity index (χ2v) is 5.18. The third kappa shape index (κ3) is 5.91. The topological polar surface area (TPSA) is 64.7 Å². The van der Waals surface area contributed by atoms with Gasteiger partial charge in [-0.3, -0.25) is 0 Å². The predicted molar refractivity (Wildman–Crippen MR) is 79.3 cm³/mol. The van der Waals surface area contributed by atoms with Crippen molar-refractivity contribution < 1.29 is 14.6 Å². The van der Waals surface area contributed by atoms with Gasteiger partial charge in [0.05, 0.1) is 11.1 Å². The van der Waals surface area contributed by atoms with Gasteiger partial charge >= 0.3 is 0 Å². The van der Waals surface area contributed by atoms with Gasteiger partial charge in [0.2, 0.25) is 0 Å². The van der Waals surface area contributed by atoms with E-state index in [0.29, 0.717) is 25.5 Å². The van der Waals surface area contributed by atoms with E-state index in [4.69, 9.17) is 15.2 Å². The van der Waals surface area contributed by atoms with Crippen LogP contribution in [0.2, 0.25) is 0 Å². The molecule has 1 atom stereocenters. The van der Waals surface area contributed by atoms with Gasteiger partial charge in [-0.1, -0.05) is 25.5 Å². The Morgan fingerprint density at radius 1 is 1.37 bits per heavy atom. The second-order valence-electron chi connectivity index (χ2n) is 4.33. The van der Waals surface area contributed by atoms with E-state index in [2.05, 4.69) is 22.9 Å². The zero-order valence-corrected chi connectivity index (χ0v) is 12.9. The van der Waals surface area contributed by atoms with Gasteiger partial charge in [-0.2, -0.15) is 0 Å². The van der Waals surface area contributed by atoms with Crippen LogP contribution in [0.15, 0.2) is 22.7 Å². The number of hydrogen-bond donors (Lipinski definition) is 2. The molecule has 0 fully saturated rings. The minimum absolute atomic E-state index is 0.196. The lowest BCUT2D eigenvalue weighted by Gasteiger charge is -2.16. The Bertz CT molecular complexity index is 374. The van der Waals surface area contributed by atoms with Crippen LogP contribution in [0, 0.1) is 0 Å². The van der Waals surface area contributed by atoms with Crippen LogP contribution in [0.5, 0.6) is 5.75 Å². The van der Waals surface area contributed by atoms with E-state index >= 15 is 0 Å². The molecule has 0 bridgehead atoms. The van der Waals surface area contributed by atoms with Gasteiger partial charge in [0.1, 0.15) is 18.5 Å². The third-order valence-corrected chi connectivity index (χ3v) is 3.27. The molecule has 0 amide bonds. The number of benzene rings is 1. The molecule has 0 aliphatic rings. The lowest BCUT2D eigenvalue weighted by atomic mass is 10.2. The Labute approximate surface area is 123 Å². The van der Waals surface area contributed by atoms with Crippen LogP contribution >= 0.6 is 15.9 Å². The molecular weight excluding hydrogens is 310 g/mol. The van der Waals surface area contributed by atoms with Crippen molar-refractivity contribution in [3.63, 3.8) is 0 Å². The largest absolute Gasteiger partial charge is 0.489 e. The summed E-state index contributed by atoms with van der Waals surface area (Å²) < 4.78 is 11.8. The van der Waals surface area contributed by atoms with E-state index in [1.54, 1.807) is 0 Å². The predicted octanol–water partition coefficient (Wildman–Crippen LogP) is 2.46. The van der Waals surface area contributed by atoms with Gasteiger partial charge in [-0.25, -0.2) is 0 Å². The molecule has 0 aliphatic heterocycles. The van der Waals surface area contributed by atoms with Crippen LogP contribution in [-0.2, 0) is 11.3 Å². The minimum Gasteiger partial charge on any atom is -0.489 e. The standard InChI is InChI=1S/C14H22BrNO3/c1-2-3-7-18-9-12(17)10-19-14-11(8-16)5-4-6-13(14)15/h4-6,12,17H,2-3,7-10,16H2,1H3. The maximum atomic E-state index is 9.77. The Hall–Kier alpha value is -0.620. The maximum absolute atomic E-state index is 9.77. The molecule has 4 nitrogen and oxygen atoms in total. The number of halogens is 1. The normalized spacial score (nSPS) is 12.4. The van der Waals surface area contributed by atoms with Crippen molar-refractivity contribution in [3.8, 4) is 5.75 Å². The average molecular weight is 332 g/mol. The first-order valence-corrected chi connectivity index (χ1v) is 7.34. The zero-order chi connectivity index (χ0) is 14.1. The Morgan fingerprint density at radius 3 is 2.84 bits per heavy atom. The number of ether oxygens (including phenoxy) is 2. The van der Waals surface area contributed by atoms with Crippen LogP contribution in [-0.4, -0.2) is 31.0 Å². The van der Waals surface area contributed by atoms with Crippen molar-refractivity contribution in [2.24, 2.45) is 5.73 Å². The van der Waals surface area contributed by atoms with Crippen LogP contribution in [0.3, 0.4) is 0 Å². The SMILES string of the molecule is CCCCOCC(O)COc1c(Br)cccc1CN. The fourth-order valence-corrected chi connectivity index (χ4v) is 2.09. The molecule has 0 aliphatic carbocycles. The number of para-hydroxylation sites is 1. The summed E-state index contributed by atoms with van der Waals surface area (Å²) >= 11 is 3.42. The summed E-state index contributed by atoms with van der Waals surface area (Å²) in [5.74, 6) is 0.692. The molecule has 3 N–H and O–H groups in total. The number of rotatable bonds is 9. The molecular formula is C14H22BrNO3. The molecule has 1 aromatic carbocycles. The monoisotopic (exact) mass is 331 g/mol. The van der Waals surface area contributed by atoms with Gasteiger partial charge in [0.25, 0.3) is 0 Å². The summed E-state index contributed by atoms with van der Waals surface area (Å²) in [5.41, 5.74) is 6.56. The molecule has 0 heterocycles. The maximum Gasteiger partial charge on any atom is 0.138 e. The van der Waals surface area contributed by atoms with E-state index < -0.39 is 6.10 Å². The highest BCUT2D eigenvalue weighted by Crippen LogP contribution is 2.28. The fourth-order valence-electron chi connectivity index (χ4n) is 1.57. The molecule has 1 rings (SSSR count). The quantitative estimate of drug-likeness (QED) is 0.682. The Kier molecular flexibility index (Phi) is 8.05. The van der Waals surface area contributed by atoms with Crippen molar-refractivity contribution in [3.05, 3.63) is 28.2 Å². The lowest BCUT2D eigenvalue weighted by Crippen LogP contribution is -2.24. The molecule has 19 heavy (non-hydrogen) atoms. The lowest BCUT2D eigenvalue weighted by molar-refractivity contribution is 0.0110. The van der Waals surface area contributed by atoms with Crippen LogP contribution in [0.1, 0.15) is 25.3 Å². The first-order valence-electron chi connectivity index (χ1n) is 6.55. The average Bonchev–Trinajstić information content (AvgIpc) is 2.42. The van der Waals surface area contributed by atoms with Gasteiger partial charge in [0.15, 0.2) is 0 Å². The summed E-state index contributed by atoms with van der Waals surface area (Å²) in [6, 6.07) is 5.70. The highest BCUT2D eigenvalue weighted by Gasteiger charge is 2.10. The first-order chi connectivity index (χ1) is 9.19. The Balaban J connectivity index is 2.39. The zero-order valence-electron chi connectivity index (χ0n) is 11.3. The van der Waals surface area contributed by atoms with E-state index in [-0.39, 0.29) is 6.61 Å². The van der Waals surface area contributed by atoms with Gasteiger partial charge in [-0.05, 0) is 28.4 Å². The third-order valence-electron chi connectivity index (χ3n) is 2.64. The van der Waals surface area contributed by atoms with Gasteiger partial charge < -0.3 is 20.3 Å². The molecule has 0 saturated heterocycles. The van der Waals surface area contributed by atoms with E-state index in [1.807, 2.05) is 18.2 Å². The highest BCUT2D eigenvalue weighted by atomic mass is 79.9. The van der Waals surface area contributed by atoms with Crippen molar-refractivity contribution in [2.75, 3.05) is 19.8 Å². The number of aliphatic hydroxyl groups is 1. The molecule has 0 aromatic heterocycles. The molecule has 0 saturated carbocycles. The molecule has 1 unspecified atom stereocenters. The Morgan fingerprint density at radius 2 is 2.16 bits per heavy atom. The molecule has 0 spiro atoms. The summed E-state index contributed by atoms with van der Waals surface area (Å²) in [7, 11) is 0. The number of aliphatic hydroxyl groups excluding tert-OH is 1. The van der Waals surface area contributed by atoms with Crippen LogP contribution in [0.4, 0.5) is 0 Å². The smallest absolute Gasteiger partial charge is 0.138 e.